The molecule has 14 heavy (non-hydrogen) atoms. The molecule has 74 valence electrons. The van der Waals surface area contributed by atoms with E-state index in [1.807, 2.05) is 18.2 Å². The Hall–Kier alpha value is -0.570. The van der Waals surface area contributed by atoms with Gasteiger partial charge in [0.05, 0.1) is 10.9 Å². The normalized spacial score (nSPS) is 11.1. The molecule has 1 aromatic carbocycles. The predicted octanol–water partition coefficient (Wildman–Crippen LogP) is 3.61. The average molecular weight is 227 g/mol. The van der Waals surface area contributed by atoms with Gasteiger partial charge in [0.25, 0.3) is 0 Å². The lowest BCUT2D eigenvalue weighted by Crippen LogP contribution is -1.83. The van der Waals surface area contributed by atoms with Crippen LogP contribution in [0.25, 0.3) is 10.1 Å². The third-order valence-electron chi connectivity index (χ3n) is 2.34. The fourth-order valence-electron chi connectivity index (χ4n) is 1.59. The zero-order valence-corrected chi connectivity index (χ0v) is 9.45. The standard InChI is InChI=1S/C11H11ClOS/c1-2-8-9-5-7(6-13)3-4-10(9)14-11(8)12/h3-5,13H,2,6H2,1H3. The second kappa shape index (κ2) is 3.89. The lowest BCUT2D eigenvalue weighted by Gasteiger charge is -1.98. The topological polar surface area (TPSA) is 20.2 Å². The van der Waals surface area contributed by atoms with Crippen molar-refractivity contribution in [3.63, 3.8) is 0 Å². The van der Waals surface area contributed by atoms with E-state index in [1.54, 1.807) is 11.3 Å². The maximum absolute atomic E-state index is 9.04. The van der Waals surface area contributed by atoms with Gasteiger partial charge in [0.2, 0.25) is 0 Å². The van der Waals surface area contributed by atoms with Crippen LogP contribution in [0, 0.1) is 0 Å². The minimum Gasteiger partial charge on any atom is -0.392 e. The first-order valence-corrected chi connectivity index (χ1v) is 5.76. The number of aliphatic hydroxyl groups excluding tert-OH is 1. The highest BCUT2D eigenvalue weighted by atomic mass is 35.5. The molecule has 3 heteroatoms. The van der Waals surface area contributed by atoms with E-state index < -0.39 is 0 Å². The Bertz CT molecular complexity index is 462. The molecule has 1 aromatic heterocycles. The summed E-state index contributed by atoms with van der Waals surface area (Å²) in [6.07, 6.45) is 0.938. The van der Waals surface area contributed by atoms with E-state index in [-0.39, 0.29) is 6.61 Å². The van der Waals surface area contributed by atoms with Crippen molar-refractivity contribution < 1.29 is 5.11 Å². The van der Waals surface area contributed by atoms with Gasteiger partial charge in [-0.1, -0.05) is 24.6 Å². The highest BCUT2D eigenvalue weighted by Gasteiger charge is 2.08. The molecule has 0 aliphatic rings. The van der Waals surface area contributed by atoms with Gasteiger partial charge in [-0.3, -0.25) is 0 Å². The summed E-state index contributed by atoms with van der Waals surface area (Å²) in [5.74, 6) is 0. The molecule has 0 amide bonds. The largest absolute Gasteiger partial charge is 0.392 e. The van der Waals surface area contributed by atoms with Crippen LogP contribution in [0.5, 0.6) is 0 Å². The van der Waals surface area contributed by atoms with Crippen molar-refractivity contribution in [2.45, 2.75) is 20.0 Å². The first-order chi connectivity index (χ1) is 6.76. The van der Waals surface area contributed by atoms with Gasteiger partial charge in [0.1, 0.15) is 0 Å². The molecule has 0 spiro atoms. The van der Waals surface area contributed by atoms with E-state index in [4.69, 9.17) is 16.7 Å². The lowest BCUT2D eigenvalue weighted by molar-refractivity contribution is 0.282. The van der Waals surface area contributed by atoms with Gasteiger partial charge < -0.3 is 5.11 Å². The van der Waals surface area contributed by atoms with E-state index in [1.165, 1.54) is 15.6 Å². The average Bonchev–Trinajstić information content (AvgIpc) is 2.52. The second-order valence-electron chi connectivity index (χ2n) is 3.20. The molecule has 2 rings (SSSR count). The molecule has 0 saturated heterocycles. The van der Waals surface area contributed by atoms with Gasteiger partial charge in [-0.25, -0.2) is 0 Å². The van der Waals surface area contributed by atoms with E-state index in [0.717, 1.165) is 16.3 Å². The fraction of sp³-hybridized carbons (Fsp3) is 0.273. The summed E-state index contributed by atoms with van der Waals surface area (Å²) in [5, 5.41) is 10.2. The number of thiophene rings is 1. The molecule has 1 N–H and O–H groups in total. The Labute approximate surface area is 91.9 Å². The summed E-state index contributed by atoms with van der Waals surface area (Å²) in [7, 11) is 0. The molecule has 0 radical (unpaired) electrons. The van der Waals surface area contributed by atoms with Crippen molar-refractivity contribution >= 4 is 33.0 Å². The number of rotatable bonds is 2. The quantitative estimate of drug-likeness (QED) is 0.830. The van der Waals surface area contributed by atoms with E-state index in [9.17, 15) is 0 Å². The smallest absolute Gasteiger partial charge is 0.0972 e. The van der Waals surface area contributed by atoms with Gasteiger partial charge in [0.15, 0.2) is 0 Å². The third kappa shape index (κ3) is 1.54. The first-order valence-electron chi connectivity index (χ1n) is 4.57. The number of aliphatic hydroxyl groups is 1. The van der Waals surface area contributed by atoms with Gasteiger partial charge >= 0.3 is 0 Å². The van der Waals surface area contributed by atoms with Crippen LogP contribution in [0.15, 0.2) is 18.2 Å². The molecule has 2 aromatic rings. The Kier molecular flexibility index (Phi) is 2.77. The van der Waals surface area contributed by atoms with Crippen LogP contribution in [-0.2, 0) is 13.0 Å². The molecule has 0 fully saturated rings. The monoisotopic (exact) mass is 226 g/mol. The number of hydrogen-bond donors (Lipinski definition) is 1. The van der Waals surface area contributed by atoms with Crippen LogP contribution in [-0.4, -0.2) is 5.11 Å². The van der Waals surface area contributed by atoms with Crippen LogP contribution >= 0.6 is 22.9 Å². The van der Waals surface area contributed by atoms with Crippen LogP contribution < -0.4 is 0 Å². The Balaban J connectivity index is 2.71. The van der Waals surface area contributed by atoms with Crippen molar-refractivity contribution in [3.8, 4) is 0 Å². The number of fused-ring (bicyclic) bond motifs is 1. The van der Waals surface area contributed by atoms with Crippen LogP contribution in [0.4, 0.5) is 0 Å². The first kappa shape index (κ1) is 9.97. The number of hydrogen-bond acceptors (Lipinski definition) is 2. The van der Waals surface area contributed by atoms with E-state index in [0.29, 0.717) is 0 Å². The van der Waals surface area contributed by atoms with Gasteiger partial charge in [0, 0.05) is 4.70 Å². The van der Waals surface area contributed by atoms with E-state index >= 15 is 0 Å². The Morgan fingerprint density at radius 1 is 1.43 bits per heavy atom. The molecule has 0 aliphatic carbocycles. The van der Waals surface area contributed by atoms with Crippen molar-refractivity contribution in [1.82, 2.24) is 0 Å². The maximum atomic E-state index is 9.04. The highest BCUT2D eigenvalue weighted by molar-refractivity contribution is 7.22. The Morgan fingerprint density at radius 3 is 2.86 bits per heavy atom. The molecule has 0 atom stereocenters. The molecular weight excluding hydrogens is 216 g/mol. The lowest BCUT2D eigenvalue weighted by atomic mass is 10.1. The summed E-state index contributed by atoms with van der Waals surface area (Å²) in [6, 6.07) is 5.99. The summed E-state index contributed by atoms with van der Waals surface area (Å²) in [5.41, 5.74) is 2.14. The third-order valence-corrected chi connectivity index (χ3v) is 3.80. The molecule has 1 nitrogen and oxygen atoms in total. The van der Waals surface area contributed by atoms with Crippen molar-refractivity contribution in [2.75, 3.05) is 0 Å². The minimum absolute atomic E-state index is 0.0898. The van der Waals surface area contributed by atoms with Crippen molar-refractivity contribution in [1.29, 1.82) is 0 Å². The number of benzene rings is 1. The molecular formula is C11H11ClOS. The molecule has 1 heterocycles. The zero-order chi connectivity index (χ0) is 10.1. The summed E-state index contributed by atoms with van der Waals surface area (Å²) in [4.78, 5) is 0. The van der Waals surface area contributed by atoms with Gasteiger partial charge in [-0.15, -0.1) is 11.3 Å². The van der Waals surface area contributed by atoms with Crippen LogP contribution in [0.1, 0.15) is 18.1 Å². The fourth-order valence-corrected chi connectivity index (χ4v) is 3.08. The van der Waals surface area contributed by atoms with Crippen molar-refractivity contribution in [3.05, 3.63) is 33.7 Å². The highest BCUT2D eigenvalue weighted by Crippen LogP contribution is 2.35. The number of halogens is 1. The zero-order valence-electron chi connectivity index (χ0n) is 7.88. The SMILES string of the molecule is CCc1c(Cl)sc2ccc(CO)cc12. The summed E-state index contributed by atoms with van der Waals surface area (Å²) >= 11 is 7.73. The van der Waals surface area contributed by atoms with Crippen LogP contribution in [0.2, 0.25) is 4.34 Å². The molecule has 0 aliphatic heterocycles. The number of aryl methyl sites for hydroxylation is 1. The van der Waals surface area contributed by atoms with Crippen LogP contribution in [0.3, 0.4) is 0 Å². The molecule has 0 saturated carbocycles. The maximum Gasteiger partial charge on any atom is 0.0972 e. The minimum atomic E-state index is 0.0898. The Morgan fingerprint density at radius 2 is 2.21 bits per heavy atom. The molecule has 0 unspecified atom stereocenters. The summed E-state index contributed by atoms with van der Waals surface area (Å²) < 4.78 is 2.07. The molecule has 0 bridgehead atoms. The van der Waals surface area contributed by atoms with Gasteiger partial charge in [-0.05, 0) is 35.1 Å². The van der Waals surface area contributed by atoms with Gasteiger partial charge in [-0.2, -0.15) is 0 Å². The predicted molar refractivity (Wildman–Crippen MR) is 62.1 cm³/mol. The van der Waals surface area contributed by atoms with Crippen molar-refractivity contribution in [2.24, 2.45) is 0 Å². The summed E-state index contributed by atoms with van der Waals surface area (Å²) in [6.45, 7) is 2.19. The van der Waals surface area contributed by atoms with E-state index in [2.05, 4.69) is 6.92 Å². The second-order valence-corrected chi connectivity index (χ2v) is 4.85.